The second-order valence-electron chi connectivity index (χ2n) is 22.2. The van der Waals surface area contributed by atoms with Crippen molar-refractivity contribution >= 4 is 180 Å². The Bertz CT molecular complexity index is 4100. The van der Waals surface area contributed by atoms with Crippen molar-refractivity contribution in [2.45, 2.75) is 13.3 Å². The van der Waals surface area contributed by atoms with Gasteiger partial charge >= 0.3 is 0 Å². The lowest BCUT2D eigenvalue weighted by molar-refractivity contribution is 0.0978. The summed E-state index contributed by atoms with van der Waals surface area (Å²) in [5.41, 5.74) is 10.5. The molecule has 0 saturated carbocycles. The zero-order valence-corrected chi connectivity index (χ0v) is 63.7. The summed E-state index contributed by atoms with van der Waals surface area (Å²) in [6, 6.07) is 44.3. The Kier molecular flexibility index (Phi) is 32.5. The van der Waals surface area contributed by atoms with Gasteiger partial charge in [0.25, 0.3) is 0 Å². The summed E-state index contributed by atoms with van der Waals surface area (Å²) in [7, 11) is 0. The third-order valence-corrected chi connectivity index (χ3v) is 24.6. The zero-order valence-electron chi connectivity index (χ0n) is 54.2. The molecule has 1 atom stereocenters. The zero-order chi connectivity index (χ0) is 69.1. The van der Waals surface area contributed by atoms with Crippen molar-refractivity contribution < 1.29 is 14.4 Å². The van der Waals surface area contributed by atoms with Crippen LogP contribution in [0.5, 0.6) is 0 Å². The molecule has 9 aromatic rings. The summed E-state index contributed by atoms with van der Waals surface area (Å²) in [4.78, 5) is 63.1. The molecule has 0 radical (unpaired) electrons. The number of hydrogen-bond donors (Lipinski definition) is 2. The van der Waals surface area contributed by atoms with Gasteiger partial charge in [0.05, 0.1) is 37.0 Å². The van der Waals surface area contributed by atoms with Gasteiger partial charge in [0, 0.05) is 201 Å². The number of halogens is 4. The van der Waals surface area contributed by atoms with Crippen molar-refractivity contribution in [2.75, 3.05) is 115 Å². The molecule has 10 heterocycles. The van der Waals surface area contributed by atoms with Gasteiger partial charge in [-0.15, -0.1) is 35.3 Å². The number of pyridine rings is 4. The molecule has 0 bridgehead atoms. The predicted octanol–water partition coefficient (Wildman–Crippen LogP) is 18.8. The lowest BCUT2D eigenvalue weighted by atomic mass is 9.90. The topological polar surface area (TPSA) is 153 Å². The second-order valence-corrected chi connectivity index (χ2v) is 32.7. The highest BCUT2D eigenvalue weighted by atomic mass is 35.5. The van der Waals surface area contributed by atoms with E-state index in [2.05, 4.69) is 50.1 Å². The van der Waals surface area contributed by atoms with Gasteiger partial charge in [0.15, 0.2) is 23.2 Å². The normalized spacial score (nSPS) is 15.4. The largest absolute Gasteiger partial charge is 0.364 e. The first-order valence-electron chi connectivity index (χ1n) is 31.9. The molecule has 5 saturated heterocycles. The average Bonchev–Trinajstić information content (AvgIpc) is 1.55. The van der Waals surface area contributed by atoms with Gasteiger partial charge in [0.1, 0.15) is 0 Å². The van der Waals surface area contributed by atoms with E-state index < -0.39 is 5.92 Å². The van der Waals surface area contributed by atoms with Crippen LogP contribution in [-0.2, 0) is 0 Å². The molecule has 5 aliphatic rings. The number of aromatic nitrogens is 6. The number of carbonyl (C=O) groups excluding carboxylic acids is 3. The van der Waals surface area contributed by atoms with E-state index in [1.165, 1.54) is 24.6 Å². The maximum atomic E-state index is 13.3. The third kappa shape index (κ3) is 22.4. The number of nitrogens with one attached hydrogen (secondary N) is 2. The highest BCUT2D eigenvalue weighted by Gasteiger charge is 2.32. The lowest BCUT2D eigenvalue weighted by Gasteiger charge is -2.32. The molecular weight excluding hydrogens is 1490 g/mol. The quantitative estimate of drug-likeness (QED) is 0.0568. The number of ketones is 3. The first-order valence-corrected chi connectivity index (χ1v) is 41.6. The second kappa shape index (κ2) is 41.5. The Morgan fingerprint density at radius 3 is 1.38 bits per heavy atom. The number of aromatic amines is 1. The van der Waals surface area contributed by atoms with Crippen LogP contribution in [0.2, 0.25) is 20.1 Å². The molecule has 1 unspecified atom stereocenters. The van der Waals surface area contributed by atoms with E-state index in [1.807, 2.05) is 138 Å². The first kappa shape index (κ1) is 78.4. The van der Waals surface area contributed by atoms with Gasteiger partial charge in [-0.25, -0.2) is 0 Å². The van der Waals surface area contributed by atoms with Crippen LogP contribution in [0.1, 0.15) is 61.1 Å². The molecule has 5 aromatic heterocycles. The summed E-state index contributed by atoms with van der Waals surface area (Å²) in [5.74, 6) is 9.74. The SMILES string of the molecule is C.C1CSCCN1.CS/C(=C(\C(=O)c1ccc(Cl)cc1)c1ccncc1)N1CCSCC1.Clc1ccc(-c2[nH]nc(N3CCSCC3)c2-c2ccncc2)cc1.O=C(C(=C1SCS1)c1ccncc1)c1ccc(Cl)cc1.O=C(c1ccc(Cl)cc1)C(C(=S)N1CCSCC1)c1ccncc1. The van der Waals surface area contributed by atoms with E-state index in [4.69, 9.17) is 58.6 Å². The molecule has 0 amide bonds. The van der Waals surface area contributed by atoms with Gasteiger partial charge in [0.2, 0.25) is 0 Å². The predicted molar refractivity (Wildman–Crippen MR) is 439 cm³/mol. The molecule has 0 spiro atoms. The number of benzene rings is 4. The third-order valence-electron chi connectivity index (χ3n) is 15.9. The number of thioether (sulfide) groups is 7. The summed E-state index contributed by atoms with van der Waals surface area (Å²) < 4.78 is 1.08. The van der Waals surface area contributed by atoms with Crippen LogP contribution in [0.15, 0.2) is 204 Å². The number of Topliss-reactive ketones (excluding diaryl/α,β-unsaturated/α-hetero) is 3. The minimum Gasteiger partial charge on any atom is -0.364 e. The fourth-order valence-electron chi connectivity index (χ4n) is 10.8. The Labute approximate surface area is 642 Å². The van der Waals surface area contributed by atoms with E-state index in [0.29, 0.717) is 36.7 Å². The Morgan fingerprint density at radius 2 is 0.920 bits per heavy atom. The Morgan fingerprint density at radius 1 is 0.490 bits per heavy atom. The highest BCUT2D eigenvalue weighted by molar-refractivity contribution is 8.37. The van der Waals surface area contributed by atoms with Crippen LogP contribution in [0, 0.1) is 0 Å². The first-order chi connectivity index (χ1) is 48.4. The van der Waals surface area contributed by atoms with Crippen LogP contribution in [0.25, 0.3) is 33.5 Å². The fourth-order valence-corrected chi connectivity index (χ4v) is 17.7. The number of H-pyrrole nitrogens is 1. The summed E-state index contributed by atoms with van der Waals surface area (Å²) in [6.45, 7) is 8.17. The van der Waals surface area contributed by atoms with Crippen molar-refractivity contribution in [1.82, 2.24) is 45.2 Å². The van der Waals surface area contributed by atoms with Gasteiger partial charge in [-0.2, -0.15) is 52.1 Å². The summed E-state index contributed by atoms with van der Waals surface area (Å²) in [5, 5.41) is 15.8. The van der Waals surface area contributed by atoms with Crippen molar-refractivity contribution in [3.63, 3.8) is 0 Å². The van der Waals surface area contributed by atoms with E-state index in [-0.39, 0.29) is 24.8 Å². The maximum absolute atomic E-state index is 13.3. The summed E-state index contributed by atoms with van der Waals surface area (Å²) in [6.07, 6.45) is 16.0. The Hall–Kier alpha value is -5.76. The molecule has 520 valence electrons. The number of nitrogens with zero attached hydrogens (tertiary/aromatic N) is 8. The van der Waals surface area contributed by atoms with Gasteiger partial charge in [-0.05, 0) is 162 Å². The van der Waals surface area contributed by atoms with Crippen molar-refractivity contribution in [3.05, 3.63) is 258 Å². The van der Waals surface area contributed by atoms with Crippen molar-refractivity contribution in [3.8, 4) is 22.4 Å². The molecule has 5 fully saturated rings. The number of anilines is 1. The smallest absolute Gasteiger partial charge is 0.196 e. The maximum Gasteiger partial charge on any atom is 0.196 e. The minimum absolute atomic E-state index is 0. The number of carbonyl (C=O) groups is 3. The molecular formula is C75H76Cl4N10O3S8. The van der Waals surface area contributed by atoms with Crippen LogP contribution in [-0.4, -0.2) is 172 Å². The number of thiocarbonyl (C=S) groups is 1. The summed E-state index contributed by atoms with van der Waals surface area (Å²) >= 11 is 42.5. The van der Waals surface area contributed by atoms with Gasteiger partial charge in [-0.3, -0.25) is 39.4 Å². The van der Waals surface area contributed by atoms with E-state index >= 15 is 0 Å². The molecule has 25 heteroatoms. The monoisotopic (exact) mass is 1560 g/mol. The van der Waals surface area contributed by atoms with E-state index in [1.54, 1.807) is 145 Å². The highest BCUT2D eigenvalue weighted by Crippen LogP contribution is 2.48. The van der Waals surface area contributed by atoms with Crippen LogP contribution in [0.3, 0.4) is 0 Å². The fraction of sp³-hybridized carbons (Fsp3) is 0.267. The van der Waals surface area contributed by atoms with Crippen LogP contribution < -0.4 is 10.2 Å². The van der Waals surface area contributed by atoms with Crippen LogP contribution >= 0.6 is 141 Å². The Balaban J connectivity index is 0.000000151. The molecule has 13 nitrogen and oxygen atoms in total. The average molecular weight is 1560 g/mol. The van der Waals surface area contributed by atoms with Gasteiger partial charge < -0.3 is 20.0 Å². The molecule has 0 aliphatic carbocycles. The molecule has 2 N–H and O–H groups in total. The van der Waals surface area contributed by atoms with Crippen molar-refractivity contribution in [1.29, 1.82) is 0 Å². The lowest BCUT2D eigenvalue weighted by Crippen LogP contribution is -2.41. The van der Waals surface area contributed by atoms with E-state index in [0.717, 1.165) is 149 Å². The number of allylic oxidation sites excluding steroid dienone is 2. The van der Waals surface area contributed by atoms with Crippen LogP contribution in [0.4, 0.5) is 5.82 Å². The molecule has 4 aromatic carbocycles. The molecule has 14 rings (SSSR count). The number of hydrogen-bond acceptors (Lipinski definition) is 19. The minimum atomic E-state index is -0.465. The molecule has 5 aliphatic heterocycles. The molecule has 100 heavy (non-hydrogen) atoms. The van der Waals surface area contributed by atoms with Crippen molar-refractivity contribution in [2.24, 2.45) is 0 Å². The van der Waals surface area contributed by atoms with Gasteiger partial charge in [-0.1, -0.05) is 78.2 Å². The number of rotatable bonds is 15. The van der Waals surface area contributed by atoms with E-state index in [9.17, 15) is 14.4 Å². The standard InChI is InChI=1S/C19H19ClN2OS2.C18H17ClN4S.C18H17ClN2OS2.C15H10ClNOS2.C4H9NS.CH4/c1-24-19(22-10-12-25-13-11-22)17(14-6-8-21-9-7-14)18(23)15-2-4-16(20)5-3-15;19-15-3-1-14(2-4-15)17-16(13-5-7-20-8-6-13)18(22-21-17)23-9-11-24-12-10-23;19-15-3-1-14(2-4-15)17(22)16(13-5-7-20-8-6-13)18(23)21-9-11-24-12-10-21;16-12-3-1-11(2-4-12)14(18)13(15-19-9-20-15)10-5-7-17-8-6-10;1-3-6-4-2-5-1;/h2-9H,10-13H2,1H3;1-8H,9-12H2,(H,21,22);1-8,16H,9-12H2;1-8H,9H2;5H,1-4H2;1H4/b19-17-;;;;;.